The fourth-order valence-electron chi connectivity index (χ4n) is 8.77. The molecule has 0 amide bonds. The van der Waals surface area contributed by atoms with E-state index in [0.717, 1.165) is 33.4 Å². The summed E-state index contributed by atoms with van der Waals surface area (Å²) in [6.45, 7) is 0. The number of hydrogen-bond acceptors (Lipinski definition) is 2. The van der Waals surface area contributed by atoms with E-state index in [1.54, 1.807) is 0 Å². The summed E-state index contributed by atoms with van der Waals surface area (Å²) in [5.41, 5.74) is 11.1. The minimum atomic E-state index is 0.224. The Morgan fingerprint density at radius 2 is 1.00 bits per heavy atom. The molecule has 12 rings (SSSR count). The van der Waals surface area contributed by atoms with Crippen molar-refractivity contribution in [1.29, 1.82) is 0 Å². The van der Waals surface area contributed by atoms with Gasteiger partial charge in [0, 0.05) is 10.9 Å². The molecule has 0 aliphatic heterocycles. The summed E-state index contributed by atoms with van der Waals surface area (Å²) < 4.78 is 7.84. The fourth-order valence-corrected chi connectivity index (χ4v) is 11.3. The summed E-state index contributed by atoms with van der Waals surface area (Å²) in [6.07, 6.45) is 0. The van der Waals surface area contributed by atoms with E-state index in [2.05, 4.69) is 179 Å². The molecule has 4 aromatic heterocycles. The van der Waals surface area contributed by atoms with E-state index in [-0.39, 0.29) is 14.5 Å². The van der Waals surface area contributed by atoms with E-state index < -0.39 is 0 Å². The van der Waals surface area contributed by atoms with Crippen molar-refractivity contribution in [2.24, 2.45) is 0 Å². The summed E-state index contributed by atoms with van der Waals surface area (Å²) >= 11 is 0.224. The van der Waals surface area contributed by atoms with Crippen LogP contribution in [0.25, 0.3) is 108 Å². The molecule has 0 spiro atoms. The molecule has 55 heavy (non-hydrogen) atoms. The molecular formula is C50H30N4Se. The van der Waals surface area contributed by atoms with Crippen LogP contribution in [0.2, 0.25) is 0 Å². The van der Waals surface area contributed by atoms with Crippen molar-refractivity contribution in [1.82, 2.24) is 19.1 Å². The average Bonchev–Trinajstić information content (AvgIpc) is 3.91. The quantitative estimate of drug-likeness (QED) is 0.167. The summed E-state index contributed by atoms with van der Waals surface area (Å²) in [7, 11) is 0. The van der Waals surface area contributed by atoms with Crippen LogP contribution < -0.4 is 0 Å². The minimum absolute atomic E-state index is 0.224. The molecule has 0 fully saturated rings. The Kier molecular flexibility index (Phi) is 6.61. The second-order valence-electron chi connectivity index (χ2n) is 14.1. The van der Waals surface area contributed by atoms with Crippen LogP contribution in [0, 0.1) is 0 Å². The summed E-state index contributed by atoms with van der Waals surface area (Å²) in [5.74, 6) is 0.713. The fraction of sp³-hybridized carbons (Fsp3) is 0. The van der Waals surface area contributed by atoms with E-state index in [4.69, 9.17) is 9.97 Å². The molecule has 12 aromatic rings. The Bertz CT molecular complexity index is 3500. The van der Waals surface area contributed by atoms with Gasteiger partial charge in [-0.3, -0.25) is 0 Å². The molecule has 0 saturated carbocycles. The first-order valence-corrected chi connectivity index (χ1v) is 20.3. The van der Waals surface area contributed by atoms with E-state index >= 15 is 0 Å². The molecular weight excluding hydrogens is 736 g/mol. The molecule has 8 aromatic carbocycles. The minimum Gasteiger partial charge on any atom is -0.228 e. The second-order valence-corrected chi connectivity index (χ2v) is 16.3. The maximum atomic E-state index is 5.21. The van der Waals surface area contributed by atoms with E-state index in [1.165, 1.54) is 68.6 Å². The van der Waals surface area contributed by atoms with Gasteiger partial charge in [0.25, 0.3) is 0 Å². The first-order valence-electron chi connectivity index (χ1n) is 18.6. The molecule has 256 valence electrons. The SMILES string of the molecule is c1ccc(-c2nc(-c3cccc(-n4c5ccccc5c5c6c7ccccc7n(-c7cccc8c7[se]c7ccccc78)c6ccc54)c3)nc3ccccc23)cc1. The van der Waals surface area contributed by atoms with E-state index in [9.17, 15) is 0 Å². The van der Waals surface area contributed by atoms with E-state index in [0.29, 0.717) is 5.82 Å². The van der Waals surface area contributed by atoms with Crippen molar-refractivity contribution in [2.45, 2.75) is 0 Å². The predicted molar refractivity (Wildman–Crippen MR) is 231 cm³/mol. The molecule has 4 nitrogen and oxygen atoms in total. The third-order valence-corrected chi connectivity index (χ3v) is 13.6. The van der Waals surface area contributed by atoms with Gasteiger partial charge in [-0.15, -0.1) is 0 Å². The number of para-hydroxylation sites is 3. The molecule has 5 heteroatoms. The van der Waals surface area contributed by atoms with Crippen LogP contribution in [0.4, 0.5) is 0 Å². The molecule has 4 heterocycles. The third-order valence-electron chi connectivity index (χ3n) is 11.1. The van der Waals surface area contributed by atoms with Crippen LogP contribution in [-0.4, -0.2) is 33.6 Å². The number of nitrogens with zero attached hydrogens (tertiary/aromatic N) is 4. The van der Waals surface area contributed by atoms with Gasteiger partial charge in [0.15, 0.2) is 0 Å². The maximum Gasteiger partial charge on any atom is 0.0749 e. The van der Waals surface area contributed by atoms with Gasteiger partial charge in [0.05, 0.1) is 11.2 Å². The maximum absolute atomic E-state index is 5.21. The largest absolute Gasteiger partial charge is 0.228 e. The Labute approximate surface area is 321 Å². The normalized spacial score (nSPS) is 12.0. The van der Waals surface area contributed by atoms with Gasteiger partial charge in [-0.05, 0) is 6.07 Å². The number of rotatable bonds is 4. The molecule has 0 saturated heterocycles. The molecule has 0 N–H and O–H groups in total. The molecule has 0 aliphatic carbocycles. The van der Waals surface area contributed by atoms with Crippen molar-refractivity contribution in [3.8, 4) is 34.0 Å². The third kappa shape index (κ3) is 4.52. The van der Waals surface area contributed by atoms with Crippen molar-refractivity contribution in [3.05, 3.63) is 182 Å². The first-order chi connectivity index (χ1) is 27.3. The molecule has 0 unspecified atom stereocenters. The van der Waals surface area contributed by atoms with Crippen LogP contribution in [-0.2, 0) is 0 Å². The van der Waals surface area contributed by atoms with Gasteiger partial charge in [0.1, 0.15) is 0 Å². The summed E-state index contributed by atoms with van der Waals surface area (Å²) in [5, 5.41) is 8.83. The number of hydrogen-bond donors (Lipinski definition) is 0. The van der Waals surface area contributed by atoms with Crippen LogP contribution in [0.5, 0.6) is 0 Å². The zero-order chi connectivity index (χ0) is 36.0. The van der Waals surface area contributed by atoms with Gasteiger partial charge >= 0.3 is 237 Å². The Morgan fingerprint density at radius 3 is 1.80 bits per heavy atom. The Balaban J connectivity index is 1.11. The molecule has 0 atom stereocenters. The van der Waals surface area contributed by atoms with Crippen molar-refractivity contribution in [2.75, 3.05) is 0 Å². The topological polar surface area (TPSA) is 35.6 Å². The van der Waals surface area contributed by atoms with Crippen molar-refractivity contribution in [3.63, 3.8) is 0 Å². The standard InChI is InChI=1S/C50H30N4Se/c1-2-14-31(15-3-1)48-36-19-4-8-23-39(36)51-50(52-48)32-16-12-17-33(30-32)53-40-24-9-5-20-37(40)46-42(53)28-29-43-47(46)38-21-6-10-25-41(38)54(43)44-26-13-22-35-34-18-7-11-27-45(34)55-49(35)44/h1-30H. The predicted octanol–water partition coefficient (Wildman–Crippen LogP) is 12.5. The second kappa shape index (κ2) is 11.9. The molecule has 0 aliphatic rings. The van der Waals surface area contributed by atoms with Crippen LogP contribution in [0.1, 0.15) is 0 Å². The van der Waals surface area contributed by atoms with Gasteiger partial charge in [-0.25, -0.2) is 9.97 Å². The van der Waals surface area contributed by atoms with Gasteiger partial charge in [-0.2, -0.15) is 0 Å². The van der Waals surface area contributed by atoms with Gasteiger partial charge in [0.2, 0.25) is 0 Å². The molecule has 0 radical (unpaired) electrons. The van der Waals surface area contributed by atoms with Crippen molar-refractivity contribution >= 4 is 88.3 Å². The number of fused-ring (bicyclic) bond motifs is 11. The summed E-state index contributed by atoms with van der Waals surface area (Å²) in [6, 6.07) is 65.6. The zero-order valence-corrected chi connectivity index (χ0v) is 31.2. The van der Waals surface area contributed by atoms with Gasteiger partial charge < -0.3 is 0 Å². The van der Waals surface area contributed by atoms with Crippen molar-refractivity contribution < 1.29 is 0 Å². The van der Waals surface area contributed by atoms with Crippen LogP contribution in [0.3, 0.4) is 0 Å². The average molecular weight is 766 g/mol. The van der Waals surface area contributed by atoms with Gasteiger partial charge in [-0.1, -0.05) is 48.5 Å². The Hall–Kier alpha value is -6.78. The monoisotopic (exact) mass is 766 g/mol. The van der Waals surface area contributed by atoms with Crippen LogP contribution in [0.15, 0.2) is 182 Å². The van der Waals surface area contributed by atoms with Crippen LogP contribution >= 0.6 is 0 Å². The Morgan fingerprint density at radius 1 is 0.400 bits per heavy atom. The number of benzene rings is 8. The van der Waals surface area contributed by atoms with E-state index in [1.807, 2.05) is 12.1 Å². The first kappa shape index (κ1) is 30.7. The smallest absolute Gasteiger partial charge is 0.0749 e. The number of aromatic nitrogens is 4. The zero-order valence-electron chi connectivity index (χ0n) is 29.5. The molecule has 0 bridgehead atoms. The summed E-state index contributed by atoms with van der Waals surface area (Å²) in [4.78, 5) is 10.3.